The fourth-order valence-electron chi connectivity index (χ4n) is 2.09. The highest BCUT2D eigenvalue weighted by Gasteiger charge is 2.44. The third kappa shape index (κ3) is 4.33. The van der Waals surface area contributed by atoms with Crippen molar-refractivity contribution in [1.29, 1.82) is 0 Å². The first-order valence-electron chi connectivity index (χ1n) is 6.34. The van der Waals surface area contributed by atoms with Gasteiger partial charge < -0.3 is 11.1 Å². The Balaban J connectivity index is 0.00000180. The first-order chi connectivity index (χ1) is 8.52. The molecule has 106 valence electrons. The number of hydrogen-bond acceptors (Lipinski definition) is 1. The van der Waals surface area contributed by atoms with Crippen molar-refractivity contribution in [3.8, 4) is 0 Å². The van der Waals surface area contributed by atoms with Crippen molar-refractivity contribution in [2.45, 2.75) is 38.1 Å². The van der Waals surface area contributed by atoms with Crippen LogP contribution < -0.4 is 11.1 Å². The standard InChI is InChI=1S/C14H20FN3.HI/c1-10(2)18-13(16)17-9-14(6-7-14)11-4-3-5-12(15)8-11;/h3-5,8,10H,6-7,9H2,1-2H3,(H3,16,17,18);1H. The van der Waals surface area contributed by atoms with Gasteiger partial charge in [-0.15, -0.1) is 24.0 Å². The molecule has 0 saturated heterocycles. The van der Waals surface area contributed by atoms with E-state index in [1.54, 1.807) is 12.1 Å². The van der Waals surface area contributed by atoms with Gasteiger partial charge in [0.15, 0.2) is 5.96 Å². The highest BCUT2D eigenvalue weighted by atomic mass is 127. The second-order valence-electron chi connectivity index (χ2n) is 5.29. The van der Waals surface area contributed by atoms with Crippen LogP contribution in [0.15, 0.2) is 29.3 Å². The number of nitrogens with one attached hydrogen (secondary N) is 1. The molecule has 1 aromatic rings. The van der Waals surface area contributed by atoms with Gasteiger partial charge in [-0.05, 0) is 44.4 Å². The van der Waals surface area contributed by atoms with Crippen LogP contribution in [0.25, 0.3) is 0 Å². The predicted molar refractivity (Wildman–Crippen MR) is 87.5 cm³/mol. The van der Waals surface area contributed by atoms with Crippen molar-refractivity contribution in [2.24, 2.45) is 10.7 Å². The van der Waals surface area contributed by atoms with E-state index in [2.05, 4.69) is 10.3 Å². The molecule has 0 heterocycles. The van der Waals surface area contributed by atoms with Gasteiger partial charge in [0.2, 0.25) is 0 Å². The number of benzene rings is 1. The van der Waals surface area contributed by atoms with Gasteiger partial charge in [0, 0.05) is 11.5 Å². The molecule has 1 aliphatic carbocycles. The molecule has 1 aliphatic rings. The molecule has 0 radical (unpaired) electrons. The van der Waals surface area contributed by atoms with E-state index in [1.807, 2.05) is 19.9 Å². The second kappa shape index (κ2) is 6.54. The van der Waals surface area contributed by atoms with Crippen molar-refractivity contribution >= 4 is 29.9 Å². The molecule has 1 saturated carbocycles. The normalized spacial score (nSPS) is 16.9. The monoisotopic (exact) mass is 377 g/mol. The third-order valence-electron chi connectivity index (χ3n) is 3.28. The summed E-state index contributed by atoms with van der Waals surface area (Å²) in [7, 11) is 0. The molecule has 0 bridgehead atoms. The molecule has 5 heteroatoms. The number of guanidine groups is 1. The lowest BCUT2D eigenvalue weighted by atomic mass is 9.96. The summed E-state index contributed by atoms with van der Waals surface area (Å²) in [4.78, 5) is 4.37. The lowest BCUT2D eigenvalue weighted by Gasteiger charge is -2.14. The van der Waals surface area contributed by atoms with Crippen molar-refractivity contribution in [2.75, 3.05) is 6.54 Å². The maximum absolute atomic E-state index is 13.2. The van der Waals surface area contributed by atoms with E-state index >= 15 is 0 Å². The fraction of sp³-hybridized carbons (Fsp3) is 0.500. The van der Waals surface area contributed by atoms with Crippen molar-refractivity contribution in [3.63, 3.8) is 0 Å². The van der Waals surface area contributed by atoms with E-state index in [9.17, 15) is 4.39 Å². The minimum atomic E-state index is -0.184. The molecule has 19 heavy (non-hydrogen) atoms. The molecule has 3 nitrogen and oxygen atoms in total. The van der Waals surface area contributed by atoms with Gasteiger partial charge in [0.25, 0.3) is 0 Å². The summed E-state index contributed by atoms with van der Waals surface area (Å²) in [6.45, 7) is 4.66. The van der Waals surface area contributed by atoms with Gasteiger partial charge in [-0.25, -0.2) is 4.39 Å². The van der Waals surface area contributed by atoms with Crippen LogP contribution in [0.5, 0.6) is 0 Å². The number of hydrogen-bond donors (Lipinski definition) is 2. The molecule has 0 atom stereocenters. The number of nitrogens with zero attached hydrogens (tertiary/aromatic N) is 1. The lowest BCUT2D eigenvalue weighted by Crippen LogP contribution is -2.37. The Bertz CT molecular complexity index is 456. The summed E-state index contributed by atoms with van der Waals surface area (Å²) in [5.74, 6) is 0.281. The zero-order valence-corrected chi connectivity index (χ0v) is 13.6. The van der Waals surface area contributed by atoms with Gasteiger partial charge in [-0.2, -0.15) is 0 Å². The summed E-state index contributed by atoms with van der Waals surface area (Å²) < 4.78 is 13.2. The Morgan fingerprint density at radius 2 is 2.16 bits per heavy atom. The van der Waals surface area contributed by atoms with E-state index in [-0.39, 0.29) is 41.3 Å². The predicted octanol–water partition coefficient (Wildman–Crippen LogP) is 2.79. The quantitative estimate of drug-likeness (QED) is 0.482. The maximum atomic E-state index is 13.2. The van der Waals surface area contributed by atoms with Crippen LogP contribution >= 0.6 is 24.0 Å². The lowest BCUT2D eigenvalue weighted by molar-refractivity contribution is 0.615. The van der Waals surface area contributed by atoms with Gasteiger partial charge in [0.1, 0.15) is 5.82 Å². The Kier molecular flexibility index (Phi) is 5.58. The molecule has 0 amide bonds. The van der Waals surface area contributed by atoms with Crippen molar-refractivity contribution < 1.29 is 4.39 Å². The largest absolute Gasteiger partial charge is 0.370 e. The summed E-state index contributed by atoms with van der Waals surface area (Å²) >= 11 is 0. The highest BCUT2D eigenvalue weighted by molar-refractivity contribution is 14.0. The average molecular weight is 377 g/mol. The first kappa shape index (κ1) is 16.2. The van der Waals surface area contributed by atoms with Crippen LogP contribution in [0.1, 0.15) is 32.3 Å². The van der Waals surface area contributed by atoms with Crippen molar-refractivity contribution in [1.82, 2.24) is 5.32 Å². The molecule has 0 unspecified atom stereocenters. The molecule has 0 aliphatic heterocycles. The summed E-state index contributed by atoms with van der Waals surface area (Å²) in [5, 5.41) is 3.06. The number of nitrogens with two attached hydrogens (primary N) is 1. The van der Waals surface area contributed by atoms with Gasteiger partial charge in [0.05, 0.1) is 6.54 Å². The molecular formula is C14H21FIN3. The zero-order valence-electron chi connectivity index (χ0n) is 11.3. The Hall–Kier alpha value is -0.850. The Labute approximate surface area is 130 Å². The molecule has 0 aromatic heterocycles. The topological polar surface area (TPSA) is 50.4 Å². The number of halogens is 2. The van der Waals surface area contributed by atoms with Gasteiger partial charge >= 0.3 is 0 Å². The van der Waals surface area contributed by atoms with Crippen LogP contribution in [-0.4, -0.2) is 18.5 Å². The number of rotatable bonds is 4. The van der Waals surface area contributed by atoms with Crippen molar-refractivity contribution in [3.05, 3.63) is 35.6 Å². The Morgan fingerprint density at radius 1 is 1.47 bits per heavy atom. The summed E-state index contributed by atoms with van der Waals surface area (Å²) in [6, 6.07) is 7.08. The molecule has 0 spiro atoms. The van der Waals surface area contributed by atoms with Crippen LogP contribution in [0, 0.1) is 5.82 Å². The summed E-state index contributed by atoms with van der Waals surface area (Å²) in [6.07, 6.45) is 2.10. The minimum absolute atomic E-state index is 0. The molecule has 2 rings (SSSR count). The minimum Gasteiger partial charge on any atom is -0.370 e. The molecular weight excluding hydrogens is 356 g/mol. The first-order valence-corrected chi connectivity index (χ1v) is 6.34. The van der Waals surface area contributed by atoms with Crippen LogP contribution in [0.4, 0.5) is 4.39 Å². The van der Waals surface area contributed by atoms with E-state index in [4.69, 9.17) is 5.73 Å². The molecule has 3 N–H and O–H groups in total. The summed E-state index contributed by atoms with van der Waals surface area (Å²) in [5.41, 5.74) is 6.82. The van der Waals surface area contributed by atoms with Crippen LogP contribution in [0.3, 0.4) is 0 Å². The van der Waals surface area contributed by atoms with E-state index < -0.39 is 0 Å². The second-order valence-corrected chi connectivity index (χ2v) is 5.29. The molecule has 1 fully saturated rings. The molecule has 1 aromatic carbocycles. The van der Waals surface area contributed by atoms with E-state index in [0.717, 1.165) is 18.4 Å². The van der Waals surface area contributed by atoms with Gasteiger partial charge in [-0.1, -0.05) is 12.1 Å². The van der Waals surface area contributed by atoms with Gasteiger partial charge in [-0.3, -0.25) is 4.99 Å². The van der Waals surface area contributed by atoms with E-state index in [0.29, 0.717) is 12.5 Å². The van der Waals surface area contributed by atoms with Crippen LogP contribution in [0.2, 0.25) is 0 Å². The smallest absolute Gasteiger partial charge is 0.188 e. The zero-order chi connectivity index (χ0) is 13.2. The van der Waals surface area contributed by atoms with E-state index in [1.165, 1.54) is 6.07 Å². The van der Waals surface area contributed by atoms with Crippen LogP contribution in [-0.2, 0) is 5.41 Å². The SMILES string of the molecule is CC(C)NC(N)=NCC1(c2cccc(F)c2)CC1.I. The Morgan fingerprint density at radius 3 is 2.68 bits per heavy atom. The number of aliphatic imine (C=N–C) groups is 1. The highest BCUT2D eigenvalue weighted by Crippen LogP contribution is 2.48. The maximum Gasteiger partial charge on any atom is 0.188 e. The third-order valence-corrected chi connectivity index (χ3v) is 3.28. The average Bonchev–Trinajstić information content (AvgIpc) is 3.06. The fourth-order valence-corrected chi connectivity index (χ4v) is 2.09.